The minimum atomic E-state index is -0.712. The molecule has 0 atom stereocenters. The first-order valence-electron chi connectivity index (χ1n) is 8.53. The minimum absolute atomic E-state index is 0.381. The van der Waals surface area contributed by atoms with E-state index >= 15 is 0 Å². The molecule has 0 fully saturated rings. The number of hydrogen-bond donors (Lipinski definition) is 3. The zero-order valence-corrected chi connectivity index (χ0v) is 14.3. The molecule has 5 nitrogen and oxygen atoms in total. The average Bonchev–Trinajstić information content (AvgIpc) is 3.00. The van der Waals surface area contributed by atoms with E-state index in [0.717, 1.165) is 16.8 Å². The van der Waals surface area contributed by atoms with Crippen LogP contribution < -0.4 is 16.1 Å². The number of nitrogens with zero attached hydrogens (tertiary/aromatic N) is 2. The predicted molar refractivity (Wildman–Crippen MR) is 102 cm³/mol. The molecule has 26 heavy (non-hydrogen) atoms. The van der Waals surface area contributed by atoms with Crippen LogP contribution in [0.4, 0.5) is 27.5 Å². The van der Waals surface area contributed by atoms with Gasteiger partial charge in [0, 0.05) is 23.1 Å². The maximum Gasteiger partial charge on any atom is 0.327 e. The van der Waals surface area contributed by atoms with Crippen LogP contribution in [0.2, 0.25) is 6.32 Å². The molecule has 0 bridgehead atoms. The fourth-order valence-electron chi connectivity index (χ4n) is 3.18. The summed E-state index contributed by atoms with van der Waals surface area (Å²) in [5.41, 5.74) is 3.65. The third-order valence-corrected chi connectivity index (χ3v) is 4.50. The summed E-state index contributed by atoms with van der Waals surface area (Å²) in [6.07, 6.45) is 2.94. The van der Waals surface area contributed by atoms with E-state index in [4.69, 9.17) is 0 Å². The first-order valence-corrected chi connectivity index (χ1v) is 8.53. The molecule has 0 radical (unpaired) electrons. The van der Waals surface area contributed by atoms with Gasteiger partial charge in [0.25, 0.3) is 0 Å². The van der Waals surface area contributed by atoms with Crippen LogP contribution in [0.25, 0.3) is 0 Å². The number of aromatic nitrogens is 2. The van der Waals surface area contributed by atoms with E-state index in [0.29, 0.717) is 35.7 Å². The molecule has 0 saturated heterocycles. The molecule has 0 unspecified atom stereocenters. The molecule has 1 aromatic heterocycles. The molecule has 3 N–H and O–H groups in total. The topological polar surface area (TPSA) is 70.1 Å². The van der Waals surface area contributed by atoms with Gasteiger partial charge in [-0.1, -0.05) is 18.2 Å². The molecule has 3 aromatic rings. The zero-order chi connectivity index (χ0) is 18.1. The highest BCUT2D eigenvalue weighted by Gasteiger charge is 2.28. The maximum atomic E-state index is 14.3. The van der Waals surface area contributed by atoms with Gasteiger partial charge >= 0.3 is 6.92 Å². The lowest BCUT2D eigenvalue weighted by molar-refractivity contribution is 0.580. The Hall–Kier alpha value is -2.93. The second kappa shape index (κ2) is 6.76. The van der Waals surface area contributed by atoms with E-state index < -0.39 is 12.7 Å². The van der Waals surface area contributed by atoms with E-state index in [1.165, 1.54) is 6.07 Å². The zero-order valence-electron chi connectivity index (χ0n) is 14.3. The van der Waals surface area contributed by atoms with Crippen LogP contribution in [0.15, 0.2) is 48.7 Å². The van der Waals surface area contributed by atoms with Crippen LogP contribution in [0.1, 0.15) is 11.1 Å². The van der Waals surface area contributed by atoms with Crippen molar-refractivity contribution in [2.24, 2.45) is 0 Å². The highest BCUT2D eigenvalue weighted by molar-refractivity contribution is 6.68. The smallest absolute Gasteiger partial charge is 0.327 e. The van der Waals surface area contributed by atoms with Crippen LogP contribution in [0.3, 0.4) is 0 Å². The Labute approximate surface area is 151 Å². The van der Waals surface area contributed by atoms with Crippen molar-refractivity contribution in [1.82, 2.24) is 9.97 Å². The van der Waals surface area contributed by atoms with Gasteiger partial charge in [-0.25, -0.2) is 9.37 Å². The Morgan fingerprint density at radius 3 is 2.73 bits per heavy atom. The number of para-hydroxylation sites is 1. The van der Waals surface area contributed by atoms with Gasteiger partial charge in [0.2, 0.25) is 5.95 Å². The highest BCUT2D eigenvalue weighted by Crippen LogP contribution is 2.24. The molecule has 0 amide bonds. The largest absolute Gasteiger partial charge is 0.446 e. The van der Waals surface area contributed by atoms with Gasteiger partial charge in [-0.2, -0.15) is 4.98 Å². The molecule has 130 valence electrons. The van der Waals surface area contributed by atoms with E-state index in [9.17, 15) is 9.41 Å². The van der Waals surface area contributed by atoms with Gasteiger partial charge in [0.1, 0.15) is 11.6 Å². The van der Waals surface area contributed by atoms with Gasteiger partial charge < -0.3 is 15.7 Å². The molecule has 2 heterocycles. The van der Waals surface area contributed by atoms with Crippen molar-refractivity contribution in [2.45, 2.75) is 19.7 Å². The second-order valence-electron chi connectivity index (χ2n) is 6.43. The summed E-state index contributed by atoms with van der Waals surface area (Å²) in [5, 5.41) is 16.2. The van der Waals surface area contributed by atoms with Crippen LogP contribution in [-0.4, -0.2) is 21.9 Å². The summed E-state index contributed by atoms with van der Waals surface area (Å²) in [4.78, 5) is 8.78. The van der Waals surface area contributed by atoms with Crippen molar-refractivity contribution in [3.05, 3.63) is 65.6 Å². The Morgan fingerprint density at radius 2 is 1.92 bits per heavy atom. The lowest BCUT2D eigenvalue weighted by Crippen LogP contribution is -2.29. The Bertz CT molecular complexity index is 952. The van der Waals surface area contributed by atoms with Crippen LogP contribution >= 0.6 is 0 Å². The quantitative estimate of drug-likeness (QED) is 0.632. The molecular weight excluding hydrogens is 330 g/mol. The lowest BCUT2D eigenvalue weighted by atomic mass is 9.63. The molecular formula is C19H18BFN4O. The fourth-order valence-corrected chi connectivity index (χ4v) is 3.18. The number of aryl methyl sites for hydroxylation is 2. The molecule has 4 rings (SSSR count). The van der Waals surface area contributed by atoms with Gasteiger partial charge in [-0.3, -0.25) is 0 Å². The summed E-state index contributed by atoms with van der Waals surface area (Å²) < 4.78 is 14.3. The van der Waals surface area contributed by atoms with Crippen molar-refractivity contribution < 1.29 is 9.41 Å². The SMILES string of the molecule is Cc1cnc(Nc2cc(F)c3c(c2)CCB3O)nc1Nc1ccccc1. The van der Waals surface area contributed by atoms with Crippen molar-refractivity contribution in [3.63, 3.8) is 0 Å². The molecule has 0 saturated carbocycles. The minimum Gasteiger partial charge on any atom is -0.446 e. The molecule has 1 aliphatic rings. The van der Waals surface area contributed by atoms with Crippen LogP contribution in [-0.2, 0) is 6.42 Å². The van der Waals surface area contributed by atoms with Gasteiger partial charge in [-0.05, 0) is 55.0 Å². The number of benzene rings is 2. The number of rotatable bonds is 4. The Morgan fingerprint density at radius 1 is 1.12 bits per heavy atom. The summed E-state index contributed by atoms with van der Waals surface area (Å²) in [7, 11) is 0. The fraction of sp³-hybridized carbons (Fsp3) is 0.158. The molecule has 1 aliphatic heterocycles. The normalized spacial score (nSPS) is 12.8. The monoisotopic (exact) mass is 348 g/mol. The van der Waals surface area contributed by atoms with E-state index in [1.807, 2.05) is 43.3 Å². The standard InChI is InChI=1S/C19H18BFN4O/c1-12-11-22-19(25-18(12)23-14-5-3-2-4-6-14)24-15-9-13-7-8-20(26)17(13)16(21)10-15/h2-6,9-11,26H,7-8H2,1H3,(H2,22,23,24,25). The first-order chi connectivity index (χ1) is 12.6. The van der Waals surface area contributed by atoms with Crippen molar-refractivity contribution in [3.8, 4) is 0 Å². The predicted octanol–water partition coefficient (Wildman–Crippen LogP) is 3.16. The van der Waals surface area contributed by atoms with Crippen molar-refractivity contribution in [1.29, 1.82) is 0 Å². The Balaban J connectivity index is 1.59. The summed E-state index contributed by atoms with van der Waals surface area (Å²) in [6.45, 7) is 1.21. The number of fused-ring (bicyclic) bond motifs is 1. The van der Waals surface area contributed by atoms with Crippen LogP contribution in [0.5, 0.6) is 0 Å². The summed E-state index contributed by atoms with van der Waals surface area (Å²) in [5.74, 6) is 0.669. The second-order valence-corrected chi connectivity index (χ2v) is 6.43. The Kier molecular flexibility index (Phi) is 4.30. The van der Waals surface area contributed by atoms with E-state index in [2.05, 4.69) is 20.6 Å². The van der Waals surface area contributed by atoms with E-state index in [1.54, 1.807) is 6.20 Å². The number of hydrogen-bond acceptors (Lipinski definition) is 5. The van der Waals surface area contributed by atoms with Crippen molar-refractivity contribution in [2.75, 3.05) is 10.6 Å². The average molecular weight is 348 g/mol. The third-order valence-electron chi connectivity index (χ3n) is 4.50. The molecule has 7 heteroatoms. The van der Waals surface area contributed by atoms with Crippen molar-refractivity contribution >= 4 is 35.5 Å². The molecule has 2 aromatic carbocycles. The lowest BCUT2D eigenvalue weighted by Gasteiger charge is -2.12. The third kappa shape index (κ3) is 3.26. The van der Waals surface area contributed by atoms with Crippen LogP contribution in [0, 0.1) is 12.7 Å². The summed E-state index contributed by atoms with van der Waals surface area (Å²) in [6, 6.07) is 13.0. The number of halogens is 1. The molecule has 0 aliphatic carbocycles. The summed E-state index contributed by atoms with van der Waals surface area (Å²) >= 11 is 0. The molecule has 0 spiro atoms. The number of nitrogens with one attached hydrogen (secondary N) is 2. The van der Waals surface area contributed by atoms with Gasteiger partial charge in [-0.15, -0.1) is 0 Å². The highest BCUT2D eigenvalue weighted by atomic mass is 19.1. The van der Waals surface area contributed by atoms with Gasteiger partial charge in [0.15, 0.2) is 0 Å². The first kappa shape index (κ1) is 16.5. The maximum absolute atomic E-state index is 14.3. The number of anilines is 4. The van der Waals surface area contributed by atoms with E-state index in [-0.39, 0.29) is 0 Å². The van der Waals surface area contributed by atoms with Gasteiger partial charge in [0.05, 0.1) is 0 Å².